The van der Waals surface area contributed by atoms with Gasteiger partial charge in [-0.15, -0.1) is 0 Å². The Labute approximate surface area is 61.2 Å². The summed E-state index contributed by atoms with van der Waals surface area (Å²) in [5.74, 6) is -1.93. The van der Waals surface area contributed by atoms with Crippen molar-refractivity contribution in [3.05, 3.63) is 5.76 Å². The van der Waals surface area contributed by atoms with Gasteiger partial charge in [0.15, 0.2) is 5.76 Å². The highest BCUT2D eigenvalue weighted by Crippen LogP contribution is 2.19. The van der Waals surface area contributed by atoms with Gasteiger partial charge in [-0.2, -0.15) is 0 Å². The first-order valence-corrected chi connectivity index (χ1v) is 2.74. The molecule has 60 valence electrons. The lowest BCUT2D eigenvalue weighted by atomic mass is 10.3. The average molecular weight is 157 g/mol. The monoisotopic (exact) mass is 157 g/mol. The lowest BCUT2D eigenvalue weighted by Gasteiger charge is -1.96. The summed E-state index contributed by atoms with van der Waals surface area (Å²) >= 11 is 0. The van der Waals surface area contributed by atoms with Crippen LogP contribution in [0, 0.1) is 0 Å². The van der Waals surface area contributed by atoms with Crippen LogP contribution in [0.1, 0.15) is 5.76 Å². The van der Waals surface area contributed by atoms with Gasteiger partial charge in [0, 0.05) is 0 Å². The fourth-order valence-corrected chi connectivity index (χ4v) is 0.579. The van der Waals surface area contributed by atoms with Crippen LogP contribution in [0.5, 0.6) is 5.88 Å². The molecule has 0 saturated heterocycles. The summed E-state index contributed by atoms with van der Waals surface area (Å²) in [5, 5.41) is 21.7. The highest BCUT2D eigenvalue weighted by Gasteiger charge is 2.09. The maximum Gasteiger partial charge on any atom is 0.311 e. The Kier molecular flexibility index (Phi) is 1.67. The fourth-order valence-electron chi connectivity index (χ4n) is 0.579. The van der Waals surface area contributed by atoms with Crippen LogP contribution in [0.15, 0.2) is 4.52 Å². The van der Waals surface area contributed by atoms with Crippen molar-refractivity contribution in [1.82, 2.24) is 5.16 Å². The summed E-state index contributed by atoms with van der Waals surface area (Å²) in [5.41, 5.74) is 4.89. The van der Waals surface area contributed by atoms with Crippen molar-refractivity contribution in [2.75, 3.05) is 5.73 Å². The van der Waals surface area contributed by atoms with Gasteiger partial charge in [-0.25, -0.2) is 0 Å². The van der Waals surface area contributed by atoms with Crippen LogP contribution in [0.2, 0.25) is 0 Å². The topological polar surface area (TPSA) is 112 Å². The van der Waals surface area contributed by atoms with Crippen LogP contribution < -0.4 is 10.8 Å². The molecule has 11 heavy (non-hydrogen) atoms. The maximum absolute atomic E-state index is 10.5. The third kappa shape index (κ3) is 1.40. The van der Waals surface area contributed by atoms with Gasteiger partial charge < -0.3 is 20.5 Å². The summed E-state index contributed by atoms with van der Waals surface area (Å²) in [6, 6.07) is 0. The molecule has 0 aromatic carbocycles. The van der Waals surface area contributed by atoms with Crippen LogP contribution in [-0.2, 0) is 11.2 Å². The third-order valence-corrected chi connectivity index (χ3v) is 1.08. The lowest BCUT2D eigenvalue weighted by Crippen LogP contribution is -2.02. The molecule has 0 atom stereocenters. The number of carboxylic acid groups (broad SMARTS) is 1. The van der Waals surface area contributed by atoms with Gasteiger partial charge in [0.25, 0.3) is 0 Å². The Balaban J connectivity index is 2.87. The first-order valence-electron chi connectivity index (χ1n) is 2.74. The summed E-state index contributed by atoms with van der Waals surface area (Å²) in [6.45, 7) is 0. The molecule has 0 radical (unpaired) electrons. The maximum atomic E-state index is 10.5. The third-order valence-electron chi connectivity index (χ3n) is 1.08. The molecule has 0 amide bonds. The zero-order valence-corrected chi connectivity index (χ0v) is 5.40. The Morgan fingerprint density at radius 2 is 2.45 bits per heavy atom. The number of aliphatic carboxylic acids is 1. The Morgan fingerprint density at radius 3 is 2.82 bits per heavy atom. The first-order chi connectivity index (χ1) is 5.11. The lowest BCUT2D eigenvalue weighted by molar-refractivity contribution is -0.276. The number of nitrogen functional groups attached to an aromatic ring is 1. The van der Waals surface area contributed by atoms with Crippen molar-refractivity contribution >= 4 is 11.7 Å². The molecular formula is C5H5N2O4-. The predicted molar refractivity (Wildman–Crippen MR) is 31.7 cm³/mol. The van der Waals surface area contributed by atoms with Crippen molar-refractivity contribution in [2.45, 2.75) is 6.42 Å². The van der Waals surface area contributed by atoms with E-state index in [9.17, 15) is 9.90 Å². The molecule has 0 bridgehead atoms. The largest absolute Gasteiger partial charge is 0.855 e. The summed E-state index contributed by atoms with van der Waals surface area (Å²) in [7, 11) is 0. The van der Waals surface area contributed by atoms with Crippen molar-refractivity contribution in [2.24, 2.45) is 0 Å². The molecule has 6 heteroatoms. The molecule has 0 unspecified atom stereocenters. The van der Waals surface area contributed by atoms with E-state index in [-0.39, 0.29) is 11.4 Å². The zero-order chi connectivity index (χ0) is 8.43. The van der Waals surface area contributed by atoms with Crippen molar-refractivity contribution in [3.63, 3.8) is 0 Å². The van der Waals surface area contributed by atoms with Crippen molar-refractivity contribution in [1.29, 1.82) is 0 Å². The van der Waals surface area contributed by atoms with Crippen LogP contribution >= 0.6 is 0 Å². The second kappa shape index (κ2) is 2.49. The number of nitrogens with zero attached hydrogens (tertiary/aromatic N) is 1. The van der Waals surface area contributed by atoms with Crippen LogP contribution in [0.25, 0.3) is 0 Å². The smallest absolute Gasteiger partial charge is 0.311 e. The van der Waals surface area contributed by atoms with E-state index in [1.807, 2.05) is 0 Å². The van der Waals surface area contributed by atoms with Crippen LogP contribution in [0.4, 0.5) is 5.69 Å². The van der Waals surface area contributed by atoms with Gasteiger partial charge in [0.1, 0.15) is 6.42 Å². The van der Waals surface area contributed by atoms with Gasteiger partial charge >= 0.3 is 5.97 Å². The van der Waals surface area contributed by atoms with Gasteiger partial charge in [-0.1, -0.05) is 5.16 Å². The molecule has 1 rings (SSSR count). The molecule has 0 aliphatic heterocycles. The van der Waals surface area contributed by atoms with Crippen molar-refractivity contribution in [3.8, 4) is 5.88 Å². The van der Waals surface area contributed by atoms with Gasteiger partial charge in [-0.05, 0) is 0 Å². The second-order valence-electron chi connectivity index (χ2n) is 1.90. The van der Waals surface area contributed by atoms with E-state index in [1.165, 1.54) is 0 Å². The van der Waals surface area contributed by atoms with Crippen molar-refractivity contribution < 1.29 is 19.5 Å². The van der Waals surface area contributed by atoms with E-state index in [1.54, 1.807) is 0 Å². The number of hydrogen-bond donors (Lipinski definition) is 2. The zero-order valence-electron chi connectivity index (χ0n) is 5.40. The molecule has 0 aliphatic rings. The molecule has 0 spiro atoms. The summed E-state index contributed by atoms with van der Waals surface area (Å²) in [6.07, 6.45) is -0.416. The minimum Gasteiger partial charge on any atom is -0.855 e. The standard InChI is InChI=1S/C5H6N2O4/c6-4-2(1-3(8)9)11-7-5(4)10/h1,6H2,(H,7,10)(H,8,9)/p-1. The number of hydrogen-bond acceptors (Lipinski definition) is 5. The normalized spacial score (nSPS) is 9.82. The molecule has 1 heterocycles. The van der Waals surface area contributed by atoms with E-state index in [4.69, 9.17) is 10.8 Å². The highest BCUT2D eigenvalue weighted by atomic mass is 16.5. The van der Waals surface area contributed by atoms with Crippen LogP contribution in [0.3, 0.4) is 0 Å². The van der Waals surface area contributed by atoms with E-state index in [0.29, 0.717) is 0 Å². The molecule has 0 fully saturated rings. The molecule has 1 aromatic rings. The van der Waals surface area contributed by atoms with E-state index >= 15 is 0 Å². The average Bonchev–Trinajstić information content (AvgIpc) is 2.18. The van der Waals surface area contributed by atoms with Gasteiger partial charge in [0.05, 0.1) is 11.6 Å². The second-order valence-corrected chi connectivity index (χ2v) is 1.90. The molecule has 3 N–H and O–H groups in total. The van der Waals surface area contributed by atoms with E-state index in [2.05, 4.69) is 9.68 Å². The predicted octanol–water partition coefficient (Wildman–Crippen LogP) is -1.04. The minimum atomic E-state index is -1.12. The minimum absolute atomic E-state index is 0.0949. The molecule has 6 nitrogen and oxygen atoms in total. The Bertz CT molecular complexity index is 280. The van der Waals surface area contributed by atoms with Gasteiger partial charge in [0.2, 0.25) is 0 Å². The summed E-state index contributed by atoms with van der Waals surface area (Å²) < 4.78 is 4.34. The Hall–Kier alpha value is -1.72. The molecule has 0 saturated carbocycles. The number of carbonyl (C=O) groups is 1. The molecule has 0 aliphatic carbocycles. The number of rotatable bonds is 2. The van der Waals surface area contributed by atoms with Gasteiger partial charge in [-0.3, -0.25) is 4.79 Å². The van der Waals surface area contributed by atoms with E-state index in [0.717, 1.165) is 0 Å². The Morgan fingerprint density at radius 1 is 1.82 bits per heavy atom. The van der Waals surface area contributed by atoms with Crippen LogP contribution in [-0.4, -0.2) is 16.2 Å². The summed E-state index contributed by atoms with van der Waals surface area (Å²) in [4.78, 5) is 10.1. The SMILES string of the molecule is Nc1c([O-])noc1CC(=O)O. The number of aromatic nitrogens is 1. The number of carboxylic acids is 1. The molecule has 1 aromatic heterocycles. The number of anilines is 1. The first kappa shape index (κ1) is 7.39. The van der Waals surface area contributed by atoms with E-state index < -0.39 is 18.3 Å². The fraction of sp³-hybridized carbons (Fsp3) is 0.200. The molecular weight excluding hydrogens is 152 g/mol. The highest BCUT2D eigenvalue weighted by molar-refractivity contribution is 5.72. The number of nitrogens with two attached hydrogens (primary N) is 1. The quantitative estimate of drug-likeness (QED) is 0.566.